The third-order valence-corrected chi connectivity index (χ3v) is 12.9. The van der Waals surface area contributed by atoms with Crippen LogP contribution in [0, 0.1) is 0 Å². The first-order valence-electron chi connectivity index (χ1n) is 30.1. The molecule has 0 saturated heterocycles. The number of quaternary nitrogens is 1. The third-order valence-electron chi connectivity index (χ3n) is 12.9. The maximum atomic E-state index is 12.8. The van der Waals surface area contributed by atoms with E-state index in [4.69, 9.17) is 18.9 Å². The van der Waals surface area contributed by atoms with Gasteiger partial charge in [-0.1, -0.05) is 241 Å². The van der Waals surface area contributed by atoms with Gasteiger partial charge in [0.25, 0.3) is 0 Å². The van der Waals surface area contributed by atoms with Crippen LogP contribution in [0.15, 0.2) is 72.9 Å². The van der Waals surface area contributed by atoms with Crippen LogP contribution in [0.5, 0.6) is 0 Å². The van der Waals surface area contributed by atoms with E-state index in [2.05, 4.69) is 86.8 Å². The van der Waals surface area contributed by atoms with Crippen molar-refractivity contribution in [3.8, 4) is 0 Å². The van der Waals surface area contributed by atoms with Crippen molar-refractivity contribution in [2.24, 2.45) is 0 Å². The van der Waals surface area contributed by atoms with Gasteiger partial charge in [-0.2, -0.15) is 0 Å². The van der Waals surface area contributed by atoms with E-state index in [1.807, 2.05) is 21.1 Å². The highest BCUT2D eigenvalue weighted by Crippen LogP contribution is 2.17. The molecule has 0 aliphatic rings. The second-order valence-corrected chi connectivity index (χ2v) is 21.3. The smallest absolute Gasteiger partial charge is 0.306 e. The van der Waals surface area contributed by atoms with E-state index in [0.29, 0.717) is 17.4 Å². The quantitative estimate of drug-likeness (QED) is 0.0195. The largest absolute Gasteiger partial charge is 0.545 e. The summed E-state index contributed by atoms with van der Waals surface area (Å²) in [5.74, 6) is -2.29. The molecule has 2 atom stereocenters. The van der Waals surface area contributed by atoms with Gasteiger partial charge < -0.3 is 33.3 Å². The topological polar surface area (TPSA) is 111 Å². The van der Waals surface area contributed by atoms with Gasteiger partial charge in [-0.05, 0) is 77.0 Å². The van der Waals surface area contributed by atoms with Gasteiger partial charge in [-0.25, -0.2) is 0 Å². The summed E-state index contributed by atoms with van der Waals surface area (Å²) in [5, 5.41) is 11.7. The van der Waals surface area contributed by atoms with Crippen molar-refractivity contribution >= 4 is 17.9 Å². The molecule has 0 spiro atoms. The Morgan fingerprint density at radius 3 is 1.18 bits per heavy atom. The average Bonchev–Trinajstić information content (AvgIpc) is 3.36. The number of carbonyl (C=O) groups excluding carboxylic acids is 3. The summed E-state index contributed by atoms with van der Waals surface area (Å²) in [6.45, 7) is 4.59. The fourth-order valence-corrected chi connectivity index (χ4v) is 8.31. The molecule has 0 heterocycles. The highest BCUT2D eigenvalue weighted by molar-refractivity contribution is 5.70. The van der Waals surface area contributed by atoms with Gasteiger partial charge in [0, 0.05) is 12.8 Å². The zero-order chi connectivity index (χ0) is 53.4. The molecule has 0 bridgehead atoms. The van der Waals surface area contributed by atoms with Crippen LogP contribution in [0.4, 0.5) is 0 Å². The second-order valence-electron chi connectivity index (χ2n) is 21.3. The minimum atomic E-state index is -1.62. The van der Waals surface area contributed by atoms with Gasteiger partial charge in [0.1, 0.15) is 13.2 Å². The number of ether oxygens (including phenoxy) is 4. The normalized spacial score (nSPS) is 13.3. The molecule has 0 amide bonds. The zero-order valence-corrected chi connectivity index (χ0v) is 48.0. The second kappa shape index (κ2) is 55.0. The monoisotopic (exact) mass is 1020 g/mol. The highest BCUT2D eigenvalue weighted by atomic mass is 16.7. The van der Waals surface area contributed by atoms with Crippen molar-refractivity contribution in [3.63, 3.8) is 0 Å². The molecule has 0 rings (SSSR count). The summed E-state index contributed by atoms with van der Waals surface area (Å²) in [7, 11) is 5.92. The average molecular weight is 1020 g/mol. The highest BCUT2D eigenvalue weighted by Gasteiger charge is 2.22. The van der Waals surface area contributed by atoms with Crippen molar-refractivity contribution < 1.29 is 42.9 Å². The van der Waals surface area contributed by atoms with Crippen molar-refractivity contribution in [2.45, 2.75) is 270 Å². The summed E-state index contributed by atoms with van der Waals surface area (Å²) < 4.78 is 22.6. The lowest BCUT2D eigenvalue weighted by molar-refractivity contribution is -0.870. The Hall–Kier alpha value is -3.27. The van der Waals surface area contributed by atoms with Crippen LogP contribution in [-0.2, 0) is 33.3 Å². The van der Waals surface area contributed by atoms with Crippen LogP contribution in [0.3, 0.4) is 0 Å². The van der Waals surface area contributed by atoms with E-state index < -0.39 is 24.3 Å². The predicted octanol–water partition coefficient (Wildman–Crippen LogP) is 16.5. The molecule has 9 nitrogen and oxygen atoms in total. The molecule has 0 aliphatic carbocycles. The Bertz CT molecular complexity index is 1420. The van der Waals surface area contributed by atoms with Crippen LogP contribution in [0.1, 0.15) is 258 Å². The van der Waals surface area contributed by atoms with E-state index in [1.165, 1.54) is 135 Å². The molecule has 0 aliphatic heterocycles. The van der Waals surface area contributed by atoms with E-state index in [0.717, 1.165) is 89.9 Å². The SMILES string of the molecule is CC/C=C\C/C=C\C/C=C\C/C=C\C/C=C\CCCCCCCCCCCCCCCCCCCCCCCC(=O)OC(COC(=O)CCCCCCC/C=C\CCCC)COC(OCC[N+](C)(C)C)C(=O)[O-]. The van der Waals surface area contributed by atoms with Gasteiger partial charge in [-0.15, -0.1) is 0 Å². The number of rotatable bonds is 55. The number of nitrogens with zero attached hydrogens (tertiary/aromatic N) is 1. The van der Waals surface area contributed by atoms with Gasteiger partial charge in [0.05, 0.1) is 40.3 Å². The van der Waals surface area contributed by atoms with Gasteiger partial charge in [-0.3, -0.25) is 9.59 Å². The number of esters is 2. The number of allylic oxidation sites excluding steroid dienone is 12. The standard InChI is InChI=1S/C64H113NO8/c1-6-8-10-12-14-16-18-19-20-21-22-23-24-25-26-27-28-29-30-31-32-33-34-35-36-37-38-39-40-41-42-43-45-47-49-51-53-55-62(67)73-60(59-72-64(63(68)69)70-57-56-65(3,4)5)58-71-61(66)54-52-50-48-46-44-17-15-13-11-9-7-2/h8,10,13-16,19-20,22-23,25-26,60,64H,6-7,9,11-12,17-18,21,24,27-59H2,1-5H3/b10-8-,15-13-,16-14-,20-19-,23-22-,26-25-. The van der Waals surface area contributed by atoms with Crippen LogP contribution < -0.4 is 5.11 Å². The molecule has 0 N–H and O–H groups in total. The van der Waals surface area contributed by atoms with Crippen molar-refractivity contribution in [1.29, 1.82) is 0 Å². The first-order chi connectivity index (χ1) is 35.6. The van der Waals surface area contributed by atoms with Crippen LogP contribution in [0.2, 0.25) is 0 Å². The molecule has 73 heavy (non-hydrogen) atoms. The number of carboxylic acid groups (broad SMARTS) is 1. The molecule has 422 valence electrons. The predicted molar refractivity (Wildman–Crippen MR) is 306 cm³/mol. The summed E-state index contributed by atoms with van der Waals surface area (Å²) in [6.07, 6.45) is 68.4. The van der Waals surface area contributed by atoms with Gasteiger partial charge in [0.15, 0.2) is 12.4 Å². The van der Waals surface area contributed by atoms with Crippen LogP contribution in [0.25, 0.3) is 0 Å². The van der Waals surface area contributed by atoms with E-state index >= 15 is 0 Å². The lowest BCUT2D eigenvalue weighted by Crippen LogP contribution is -2.44. The Labute approximate surface area is 449 Å². The van der Waals surface area contributed by atoms with E-state index in [-0.39, 0.29) is 38.6 Å². The molecule has 0 radical (unpaired) electrons. The molecular weight excluding hydrogens is 911 g/mol. The molecule has 0 fully saturated rings. The summed E-state index contributed by atoms with van der Waals surface area (Å²) >= 11 is 0. The lowest BCUT2D eigenvalue weighted by atomic mass is 10.0. The minimum absolute atomic E-state index is 0.146. The molecule has 2 unspecified atom stereocenters. The number of unbranched alkanes of at least 4 members (excludes halogenated alkanes) is 28. The van der Waals surface area contributed by atoms with Crippen LogP contribution >= 0.6 is 0 Å². The molecular formula is C64H113NO8. The number of carbonyl (C=O) groups is 3. The summed E-state index contributed by atoms with van der Waals surface area (Å²) in [5.41, 5.74) is 0. The number of hydrogen-bond donors (Lipinski definition) is 0. The van der Waals surface area contributed by atoms with Crippen molar-refractivity contribution in [2.75, 3.05) is 47.5 Å². The van der Waals surface area contributed by atoms with Gasteiger partial charge in [0.2, 0.25) is 0 Å². The van der Waals surface area contributed by atoms with Crippen LogP contribution in [-0.4, -0.2) is 82.3 Å². The maximum Gasteiger partial charge on any atom is 0.306 e. The first kappa shape index (κ1) is 69.7. The van der Waals surface area contributed by atoms with Crippen molar-refractivity contribution in [3.05, 3.63) is 72.9 Å². The molecule has 0 aromatic heterocycles. The molecule has 0 aromatic carbocycles. The Balaban J connectivity index is 3.98. The lowest BCUT2D eigenvalue weighted by Gasteiger charge is -2.26. The Morgan fingerprint density at radius 2 is 0.781 bits per heavy atom. The Morgan fingerprint density at radius 1 is 0.425 bits per heavy atom. The first-order valence-corrected chi connectivity index (χ1v) is 30.1. The number of likely N-dealkylation sites (N-methyl/N-ethyl adjacent to an activating group) is 1. The summed E-state index contributed by atoms with van der Waals surface area (Å²) in [6, 6.07) is 0. The fraction of sp³-hybridized carbons (Fsp3) is 0.766. The molecule has 9 heteroatoms. The van der Waals surface area contributed by atoms with Crippen molar-refractivity contribution in [1.82, 2.24) is 0 Å². The third kappa shape index (κ3) is 56.3. The Kier molecular flexibility index (Phi) is 52.5. The fourth-order valence-electron chi connectivity index (χ4n) is 8.31. The minimum Gasteiger partial charge on any atom is -0.545 e. The molecule has 0 saturated carbocycles. The van der Waals surface area contributed by atoms with E-state index in [1.54, 1.807) is 0 Å². The van der Waals surface area contributed by atoms with E-state index in [9.17, 15) is 19.5 Å². The zero-order valence-electron chi connectivity index (χ0n) is 48.0. The maximum absolute atomic E-state index is 12.8. The number of aliphatic carboxylic acids is 1. The number of hydrogen-bond acceptors (Lipinski definition) is 8. The van der Waals surface area contributed by atoms with Gasteiger partial charge >= 0.3 is 11.9 Å². The number of carboxylic acids is 1. The summed E-state index contributed by atoms with van der Waals surface area (Å²) in [4.78, 5) is 37.1. The molecule has 0 aromatic rings.